The number of rotatable bonds is 2. The van der Waals surface area contributed by atoms with E-state index in [1.165, 1.54) is 6.08 Å². The van der Waals surface area contributed by atoms with Crippen LogP contribution in [0.3, 0.4) is 0 Å². The van der Waals surface area contributed by atoms with Gasteiger partial charge in [-0.3, -0.25) is 0 Å². The first kappa shape index (κ1) is 5.80. The van der Waals surface area contributed by atoms with Gasteiger partial charge in [0.2, 0.25) is 0 Å². The summed E-state index contributed by atoms with van der Waals surface area (Å²) in [7, 11) is 0. The lowest BCUT2D eigenvalue weighted by molar-refractivity contribution is 0.568. The smallest absolute Gasteiger partial charge is 0.120 e. The van der Waals surface area contributed by atoms with Gasteiger partial charge in [-0.2, -0.15) is 11.8 Å². The third-order valence-corrected chi connectivity index (χ3v) is 0.833. The third kappa shape index (κ3) is 3.80. The Bertz CT molecular complexity index is 63.9. The van der Waals surface area contributed by atoms with Crippen LogP contribution < -0.4 is 0 Å². The summed E-state index contributed by atoms with van der Waals surface area (Å²) in [6.45, 7) is 0. The molecular weight excluding hydrogens is 96.1 g/mol. The van der Waals surface area contributed by atoms with Gasteiger partial charge in [-0.1, -0.05) is 0 Å². The number of carbonyl (C=O) groups excluding carboxylic acids is 1. The van der Waals surface area contributed by atoms with Crippen molar-refractivity contribution in [3.8, 4) is 0 Å². The van der Waals surface area contributed by atoms with Crippen molar-refractivity contribution in [3.63, 3.8) is 0 Å². The largest absolute Gasteiger partial charge is 0.234 e. The molecule has 0 N–H and O–H groups in total. The van der Waals surface area contributed by atoms with E-state index in [1.807, 2.05) is 6.26 Å². The van der Waals surface area contributed by atoms with Gasteiger partial charge in [-0.25, -0.2) is 4.79 Å². The Morgan fingerprint density at radius 2 is 2.67 bits per heavy atom. The van der Waals surface area contributed by atoms with E-state index in [1.54, 1.807) is 17.7 Å². The van der Waals surface area contributed by atoms with Crippen molar-refractivity contribution in [3.05, 3.63) is 6.08 Å². The van der Waals surface area contributed by atoms with Crippen LogP contribution in [0, 0.1) is 0 Å². The van der Waals surface area contributed by atoms with Gasteiger partial charge in [0.25, 0.3) is 0 Å². The lowest BCUT2D eigenvalue weighted by atomic mass is 10.8. The molecule has 2 heteroatoms. The molecule has 0 aliphatic rings. The second kappa shape index (κ2) is 4.80. The molecule has 0 heterocycles. The second-order valence-electron chi connectivity index (χ2n) is 0.777. The minimum Gasteiger partial charge on any atom is -0.234 e. The summed E-state index contributed by atoms with van der Waals surface area (Å²) in [5.74, 6) is 2.45. The quantitative estimate of drug-likeness (QED) is 0.478. The zero-order valence-electron chi connectivity index (χ0n) is 3.60. The molecule has 0 aliphatic carbocycles. The molecule has 0 bridgehead atoms. The number of thioether (sulfide) groups is 1. The van der Waals surface area contributed by atoms with E-state index in [4.69, 9.17) is 0 Å². The fourth-order valence-corrected chi connectivity index (χ4v) is 0.352. The minimum atomic E-state index is 0.781. The van der Waals surface area contributed by atoms with E-state index in [-0.39, 0.29) is 0 Å². The first-order chi connectivity index (χ1) is 2.91. The van der Waals surface area contributed by atoms with E-state index >= 15 is 0 Å². The molecule has 0 aliphatic heterocycles. The summed E-state index contributed by atoms with van der Waals surface area (Å²) in [4.78, 5) is 9.37. The number of hydrogen-bond acceptors (Lipinski definition) is 2. The van der Waals surface area contributed by atoms with Crippen LogP contribution in [-0.4, -0.2) is 17.9 Å². The highest BCUT2D eigenvalue weighted by Gasteiger charge is 1.65. The summed E-state index contributed by atoms with van der Waals surface area (Å²) < 4.78 is 0. The van der Waals surface area contributed by atoms with Crippen molar-refractivity contribution in [2.45, 2.75) is 0 Å². The average molecular weight is 102 g/mol. The van der Waals surface area contributed by atoms with Gasteiger partial charge >= 0.3 is 0 Å². The Morgan fingerprint density at radius 3 is 2.83 bits per heavy atom. The molecule has 0 atom stereocenters. The highest BCUT2D eigenvalue weighted by Crippen LogP contribution is 1.86. The van der Waals surface area contributed by atoms with Gasteiger partial charge < -0.3 is 0 Å². The Kier molecular flexibility index (Phi) is 4.64. The van der Waals surface area contributed by atoms with Crippen LogP contribution in [0.25, 0.3) is 0 Å². The highest BCUT2D eigenvalue weighted by molar-refractivity contribution is 7.98. The van der Waals surface area contributed by atoms with Gasteiger partial charge in [0, 0.05) is 11.8 Å². The van der Waals surface area contributed by atoms with Crippen molar-refractivity contribution in [2.75, 3.05) is 12.0 Å². The fourth-order valence-electron chi connectivity index (χ4n) is 0.117. The zero-order chi connectivity index (χ0) is 4.83. The zero-order valence-corrected chi connectivity index (χ0v) is 4.42. The number of hydrogen-bond donors (Lipinski definition) is 0. The maximum Gasteiger partial charge on any atom is 0.120 e. The van der Waals surface area contributed by atoms with Crippen LogP contribution in [0.1, 0.15) is 0 Å². The third-order valence-electron chi connectivity index (χ3n) is 0.333. The topological polar surface area (TPSA) is 17.1 Å². The molecule has 0 aromatic heterocycles. The summed E-state index contributed by atoms with van der Waals surface area (Å²) in [6, 6.07) is 0. The van der Waals surface area contributed by atoms with Crippen molar-refractivity contribution in [1.82, 2.24) is 0 Å². The summed E-state index contributed by atoms with van der Waals surface area (Å²) >= 11 is 1.61. The Labute approximate surface area is 41.4 Å². The highest BCUT2D eigenvalue weighted by atomic mass is 32.2. The maximum atomic E-state index is 9.37. The van der Waals surface area contributed by atoms with Crippen LogP contribution in [0.2, 0.25) is 0 Å². The molecule has 0 fully saturated rings. The molecule has 0 aromatic carbocycles. The second-order valence-corrected chi connectivity index (χ2v) is 1.69. The summed E-state index contributed by atoms with van der Waals surface area (Å²) in [6.07, 6.45) is 3.40. The van der Waals surface area contributed by atoms with Crippen molar-refractivity contribution in [1.29, 1.82) is 0 Å². The lowest BCUT2D eigenvalue weighted by Gasteiger charge is -1.72. The van der Waals surface area contributed by atoms with E-state index < -0.39 is 0 Å². The SMILES string of the molecule is CSCC=C=O. The Balaban J connectivity index is 2.86. The van der Waals surface area contributed by atoms with Crippen LogP contribution in [0.5, 0.6) is 0 Å². The summed E-state index contributed by atoms with van der Waals surface area (Å²) in [5.41, 5.74) is 0. The van der Waals surface area contributed by atoms with E-state index in [2.05, 4.69) is 0 Å². The molecule has 0 aromatic rings. The van der Waals surface area contributed by atoms with E-state index in [9.17, 15) is 4.79 Å². The molecule has 0 saturated carbocycles. The molecule has 0 radical (unpaired) electrons. The maximum absolute atomic E-state index is 9.37. The standard InChI is InChI=1S/C4H6OS/c1-6-4-2-3-5/h2H,4H2,1H3. The normalized spacial score (nSPS) is 6.83. The Hall–Kier alpha value is -0.200. The first-order valence-corrected chi connectivity index (χ1v) is 2.99. The van der Waals surface area contributed by atoms with Crippen LogP contribution in [-0.2, 0) is 4.79 Å². The molecule has 0 unspecified atom stereocenters. The lowest BCUT2D eigenvalue weighted by Crippen LogP contribution is -1.62. The molecule has 0 spiro atoms. The predicted octanol–water partition coefficient (Wildman–Crippen LogP) is 0.737. The van der Waals surface area contributed by atoms with Crippen LogP contribution in [0.4, 0.5) is 0 Å². The monoisotopic (exact) mass is 102 g/mol. The molecule has 34 valence electrons. The molecule has 6 heavy (non-hydrogen) atoms. The molecular formula is C4H6OS. The molecule has 1 nitrogen and oxygen atoms in total. The van der Waals surface area contributed by atoms with Gasteiger partial charge in [0.05, 0.1) is 0 Å². The minimum absolute atomic E-state index is 0.781. The molecule has 0 amide bonds. The van der Waals surface area contributed by atoms with Crippen molar-refractivity contribution < 1.29 is 4.79 Å². The summed E-state index contributed by atoms with van der Waals surface area (Å²) in [5, 5.41) is 0. The Morgan fingerprint density at radius 1 is 2.00 bits per heavy atom. The van der Waals surface area contributed by atoms with Crippen molar-refractivity contribution in [2.24, 2.45) is 0 Å². The van der Waals surface area contributed by atoms with Gasteiger partial charge in [-0.15, -0.1) is 0 Å². The van der Waals surface area contributed by atoms with Crippen LogP contribution in [0.15, 0.2) is 6.08 Å². The van der Waals surface area contributed by atoms with Gasteiger partial charge in [-0.05, 0) is 6.26 Å². The van der Waals surface area contributed by atoms with Crippen molar-refractivity contribution >= 4 is 17.7 Å². The van der Waals surface area contributed by atoms with Gasteiger partial charge in [0.1, 0.15) is 5.94 Å². The first-order valence-electron chi connectivity index (χ1n) is 1.60. The van der Waals surface area contributed by atoms with Gasteiger partial charge in [0.15, 0.2) is 0 Å². The van der Waals surface area contributed by atoms with E-state index in [0.29, 0.717) is 0 Å². The van der Waals surface area contributed by atoms with Crippen LogP contribution >= 0.6 is 11.8 Å². The van der Waals surface area contributed by atoms with E-state index in [0.717, 1.165) is 5.75 Å². The molecule has 0 rings (SSSR count). The average Bonchev–Trinajstić information content (AvgIpc) is 1.61. The predicted molar refractivity (Wildman–Crippen MR) is 28.6 cm³/mol. The fraction of sp³-hybridized carbons (Fsp3) is 0.500. The molecule has 0 saturated heterocycles.